The van der Waals surface area contributed by atoms with E-state index in [0.29, 0.717) is 4.90 Å². The number of rotatable bonds is 1. The van der Waals surface area contributed by atoms with Crippen LogP contribution >= 0.6 is 0 Å². The molecule has 8 heteroatoms. The number of hydrogen-bond donors (Lipinski definition) is 2. The summed E-state index contributed by atoms with van der Waals surface area (Å²) in [5, 5.41) is 11.4. The molecule has 0 aliphatic carbocycles. The number of carbonyl (C=O) groups excluding carboxylic acids is 1. The maximum Gasteiger partial charge on any atom is 0.471 e. The Kier molecular flexibility index (Phi) is 3.13. The Morgan fingerprint density at radius 2 is 2.00 bits per heavy atom. The summed E-state index contributed by atoms with van der Waals surface area (Å²) in [5.74, 6) is -3.28. The van der Waals surface area contributed by atoms with E-state index in [9.17, 15) is 22.8 Å². The Bertz CT molecular complexity index is 318. The summed E-state index contributed by atoms with van der Waals surface area (Å²) < 4.78 is 36.4. The van der Waals surface area contributed by atoms with Gasteiger partial charge in [0.15, 0.2) is 0 Å². The summed E-state index contributed by atoms with van der Waals surface area (Å²) >= 11 is 0. The molecule has 1 aliphatic rings. The van der Waals surface area contributed by atoms with Crippen molar-refractivity contribution in [3.05, 3.63) is 0 Å². The molecular weight excluding hydrogens is 229 g/mol. The molecule has 0 aromatic heterocycles. The van der Waals surface area contributed by atoms with E-state index >= 15 is 0 Å². The van der Waals surface area contributed by atoms with Crippen molar-refractivity contribution in [3.63, 3.8) is 0 Å². The largest absolute Gasteiger partial charge is 0.480 e. The molecule has 1 heterocycles. The van der Waals surface area contributed by atoms with E-state index in [4.69, 9.17) is 5.11 Å². The van der Waals surface area contributed by atoms with Gasteiger partial charge in [0, 0.05) is 19.6 Å². The lowest BCUT2D eigenvalue weighted by atomic mass is 9.99. The highest BCUT2D eigenvalue weighted by Gasteiger charge is 2.47. The summed E-state index contributed by atoms with van der Waals surface area (Å²) in [4.78, 5) is 22.2. The number of nitrogens with zero attached hydrogens (tertiary/aromatic N) is 1. The maximum absolute atomic E-state index is 12.1. The van der Waals surface area contributed by atoms with Crippen molar-refractivity contribution in [1.29, 1.82) is 0 Å². The minimum atomic E-state index is -4.96. The number of nitrogens with one attached hydrogen (secondary N) is 1. The minimum absolute atomic E-state index is 0.0185. The zero-order chi connectivity index (χ0) is 12.6. The van der Waals surface area contributed by atoms with Crippen LogP contribution in [0.15, 0.2) is 0 Å². The van der Waals surface area contributed by atoms with Crippen LogP contribution in [0.1, 0.15) is 6.92 Å². The third-order valence-corrected chi connectivity index (χ3v) is 2.41. The molecule has 5 nitrogen and oxygen atoms in total. The van der Waals surface area contributed by atoms with E-state index in [1.165, 1.54) is 6.92 Å². The van der Waals surface area contributed by atoms with Crippen LogP contribution in [0.2, 0.25) is 0 Å². The second kappa shape index (κ2) is 3.93. The number of carboxylic acid groups (broad SMARTS) is 1. The van der Waals surface area contributed by atoms with Gasteiger partial charge in [0.05, 0.1) is 0 Å². The van der Waals surface area contributed by atoms with Crippen molar-refractivity contribution in [1.82, 2.24) is 10.2 Å². The lowest BCUT2D eigenvalue weighted by molar-refractivity contribution is -0.188. The van der Waals surface area contributed by atoms with Crippen LogP contribution in [-0.4, -0.2) is 53.2 Å². The van der Waals surface area contributed by atoms with Crippen LogP contribution in [0.3, 0.4) is 0 Å². The molecule has 0 bridgehead atoms. The molecule has 1 aliphatic heterocycles. The van der Waals surface area contributed by atoms with Gasteiger partial charge >= 0.3 is 18.1 Å². The first-order valence-electron chi connectivity index (χ1n) is 4.51. The van der Waals surface area contributed by atoms with Gasteiger partial charge in [0.1, 0.15) is 5.54 Å². The second-order valence-electron chi connectivity index (χ2n) is 3.79. The number of amides is 1. The quantitative estimate of drug-likeness (QED) is 0.667. The number of hydrogen-bond acceptors (Lipinski definition) is 3. The minimum Gasteiger partial charge on any atom is -0.480 e. The van der Waals surface area contributed by atoms with Gasteiger partial charge in [-0.3, -0.25) is 14.9 Å². The van der Waals surface area contributed by atoms with E-state index in [-0.39, 0.29) is 13.1 Å². The molecule has 0 aromatic rings. The van der Waals surface area contributed by atoms with Crippen LogP contribution < -0.4 is 5.32 Å². The highest BCUT2D eigenvalue weighted by atomic mass is 19.4. The van der Waals surface area contributed by atoms with Crippen molar-refractivity contribution >= 4 is 11.9 Å². The molecule has 0 radical (unpaired) electrons. The maximum atomic E-state index is 12.1. The fourth-order valence-corrected chi connectivity index (χ4v) is 1.48. The van der Waals surface area contributed by atoms with Crippen LogP contribution in [-0.2, 0) is 9.59 Å². The van der Waals surface area contributed by atoms with Crippen molar-refractivity contribution in [3.8, 4) is 0 Å². The monoisotopic (exact) mass is 240 g/mol. The first-order chi connectivity index (χ1) is 7.17. The fourth-order valence-electron chi connectivity index (χ4n) is 1.48. The SMILES string of the molecule is CC1(C(=O)O)CN(C(=O)C(F)(F)F)CCN1. The van der Waals surface area contributed by atoms with Crippen LogP contribution in [0.5, 0.6) is 0 Å². The van der Waals surface area contributed by atoms with Gasteiger partial charge in [0.25, 0.3) is 0 Å². The fraction of sp³-hybridized carbons (Fsp3) is 0.750. The van der Waals surface area contributed by atoms with Gasteiger partial charge in [-0.1, -0.05) is 0 Å². The zero-order valence-corrected chi connectivity index (χ0v) is 8.47. The van der Waals surface area contributed by atoms with Crippen molar-refractivity contribution in [2.45, 2.75) is 18.6 Å². The molecule has 16 heavy (non-hydrogen) atoms. The Morgan fingerprint density at radius 1 is 1.44 bits per heavy atom. The van der Waals surface area contributed by atoms with Gasteiger partial charge < -0.3 is 10.0 Å². The molecule has 1 fully saturated rings. The molecule has 92 valence electrons. The predicted octanol–water partition coefficient (Wildman–Crippen LogP) is -0.176. The van der Waals surface area contributed by atoms with E-state index in [1.54, 1.807) is 0 Å². The highest BCUT2D eigenvalue weighted by Crippen LogP contribution is 2.21. The van der Waals surface area contributed by atoms with E-state index in [0.717, 1.165) is 0 Å². The number of carboxylic acids is 1. The lowest BCUT2D eigenvalue weighted by Gasteiger charge is -2.38. The molecule has 0 spiro atoms. The van der Waals surface area contributed by atoms with Crippen LogP contribution in [0.4, 0.5) is 13.2 Å². The first kappa shape index (κ1) is 12.8. The number of piperazine rings is 1. The molecule has 1 atom stereocenters. The molecule has 0 aromatic carbocycles. The average Bonchev–Trinajstić information content (AvgIpc) is 2.15. The number of alkyl halides is 3. The number of halogens is 3. The summed E-state index contributed by atoms with van der Waals surface area (Å²) in [6.45, 7) is 0.609. The smallest absolute Gasteiger partial charge is 0.471 e. The summed E-state index contributed by atoms with van der Waals surface area (Å²) in [5.41, 5.74) is -1.53. The first-order valence-corrected chi connectivity index (χ1v) is 4.51. The van der Waals surface area contributed by atoms with Gasteiger partial charge in [-0.2, -0.15) is 13.2 Å². The molecule has 1 amide bonds. The Hall–Kier alpha value is -1.31. The van der Waals surface area contributed by atoms with Gasteiger partial charge in [0.2, 0.25) is 0 Å². The third-order valence-electron chi connectivity index (χ3n) is 2.41. The normalized spacial score (nSPS) is 26.6. The zero-order valence-electron chi connectivity index (χ0n) is 8.47. The molecule has 1 unspecified atom stereocenters. The Balaban J connectivity index is 2.79. The standard InChI is InChI=1S/C8H11F3N2O3/c1-7(6(15)16)4-13(3-2-12-7)5(14)8(9,10)11/h12H,2-4H2,1H3,(H,15,16). The number of carbonyl (C=O) groups is 2. The summed E-state index contributed by atoms with van der Waals surface area (Å²) in [6, 6.07) is 0. The van der Waals surface area contributed by atoms with Crippen LogP contribution in [0, 0.1) is 0 Å². The van der Waals surface area contributed by atoms with Gasteiger partial charge in [-0.25, -0.2) is 0 Å². The third kappa shape index (κ3) is 2.43. The van der Waals surface area contributed by atoms with E-state index in [1.807, 2.05) is 0 Å². The predicted molar refractivity (Wildman–Crippen MR) is 46.7 cm³/mol. The number of aliphatic carboxylic acids is 1. The van der Waals surface area contributed by atoms with Crippen molar-refractivity contribution in [2.75, 3.05) is 19.6 Å². The average molecular weight is 240 g/mol. The second-order valence-corrected chi connectivity index (χ2v) is 3.79. The Labute approximate surface area is 89.2 Å². The molecule has 2 N–H and O–H groups in total. The topological polar surface area (TPSA) is 69.6 Å². The van der Waals surface area contributed by atoms with Gasteiger partial charge in [-0.05, 0) is 6.92 Å². The van der Waals surface area contributed by atoms with E-state index in [2.05, 4.69) is 5.32 Å². The Morgan fingerprint density at radius 3 is 2.44 bits per heavy atom. The van der Waals surface area contributed by atoms with Crippen molar-refractivity contribution in [2.24, 2.45) is 0 Å². The van der Waals surface area contributed by atoms with Gasteiger partial charge in [-0.15, -0.1) is 0 Å². The molecular formula is C8H11F3N2O3. The summed E-state index contributed by atoms with van der Waals surface area (Å²) in [7, 11) is 0. The molecule has 1 rings (SSSR count). The molecule has 1 saturated heterocycles. The van der Waals surface area contributed by atoms with Crippen molar-refractivity contribution < 1.29 is 27.9 Å². The highest BCUT2D eigenvalue weighted by molar-refractivity contribution is 5.84. The molecule has 0 saturated carbocycles. The summed E-state index contributed by atoms with van der Waals surface area (Å²) in [6.07, 6.45) is -4.96. The van der Waals surface area contributed by atoms with Crippen LogP contribution in [0.25, 0.3) is 0 Å². The lowest BCUT2D eigenvalue weighted by Crippen LogP contribution is -2.65. The van der Waals surface area contributed by atoms with E-state index < -0.39 is 30.1 Å².